The van der Waals surface area contributed by atoms with E-state index >= 15 is 0 Å². The molecule has 1 unspecified atom stereocenters. The van der Waals surface area contributed by atoms with Gasteiger partial charge in [0.2, 0.25) is 0 Å². The highest BCUT2D eigenvalue weighted by Crippen LogP contribution is 2.54. The standard InChI is InChI=1S/C45H36/c1-5-45(4)39-21-13-11-15-31(39)33-25-23-29(27-41(33)45)43-36-18-8-6-16-34(36)42(35-17-7-9-19-37(35)43)28-22-24-32-30-14-10-12-20-38(30)44(2,3)40(32)26-28/h6-27H,5H2,1-4H3. The highest BCUT2D eigenvalue weighted by molar-refractivity contribution is 6.21. The molecule has 0 N–H and O–H groups in total. The summed E-state index contributed by atoms with van der Waals surface area (Å²) in [6.07, 6.45) is 1.07. The van der Waals surface area contributed by atoms with Gasteiger partial charge in [-0.2, -0.15) is 0 Å². The molecule has 1 atom stereocenters. The van der Waals surface area contributed by atoms with E-state index < -0.39 is 0 Å². The maximum absolute atomic E-state index is 2.50. The van der Waals surface area contributed by atoms with E-state index in [1.54, 1.807) is 0 Å². The Balaban J connectivity index is 1.31. The summed E-state index contributed by atoms with van der Waals surface area (Å²) in [5.74, 6) is 0. The van der Waals surface area contributed by atoms with Crippen LogP contribution in [0, 0.1) is 0 Å². The molecule has 2 aliphatic carbocycles. The van der Waals surface area contributed by atoms with Gasteiger partial charge in [0, 0.05) is 10.8 Å². The normalized spacial score (nSPS) is 17.2. The SMILES string of the molecule is CCC1(C)c2ccccc2-c2ccc(-c3c4ccccc4c(-c4ccc5c(c4)C(C)(C)c4ccccc4-5)c4ccccc34)cc21. The number of rotatable bonds is 3. The molecule has 0 radical (unpaired) electrons. The zero-order valence-electron chi connectivity index (χ0n) is 26.4. The Kier molecular flexibility index (Phi) is 5.46. The van der Waals surface area contributed by atoms with E-state index in [-0.39, 0.29) is 10.8 Å². The molecule has 0 fully saturated rings. The van der Waals surface area contributed by atoms with Crippen molar-refractivity contribution >= 4 is 21.5 Å². The second-order valence-corrected chi connectivity index (χ2v) is 13.8. The average molecular weight is 577 g/mol. The molecule has 0 aromatic heterocycles. The molecule has 0 bridgehead atoms. The first-order valence-corrected chi connectivity index (χ1v) is 16.3. The van der Waals surface area contributed by atoms with Gasteiger partial charge in [-0.3, -0.25) is 0 Å². The maximum Gasteiger partial charge on any atom is 0.0184 e. The van der Waals surface area contributed by atoms with Crippen molar-refractivity contribution in [2.45, 2.75) is 44.9 Å². The molecule has 0 nitrogen and oxygen atoms in total. The Morgan fingerprint density at radius 3 is 1.33 bits per heavy atom. The van der Waals surface area contributed by atoms with Crippen LogP contribution in [0.5, 0.6) is 0 Å². The molecule has 7 aromatic rings. The maximum atomic E-state index is 2.50. The van der Waals surface area contributed by atoms with Crippen LogP contribution in [-0.4, -0.2) is 0 Å². The van der Waals surface area contributed by atoms with Crippen LogP contribution in [0.4, 0.5) is 0 Å². The summed E-state index contributed by atoms with van der Waals surface area (Å²) in [5, 5.41) is 5.23. The lowest BCUT2D eigenvalue weighted by molar-refractivity contribution is 0.565. The highest BCUT2D eigenvalue weighted by Gasteiger charge is 2.38. The molecule has 0 saturated carbocycles. The van der Waals surface area contributed by atoms with Crippen LogP contribution in [0.1, 0.15) is 56.4 Å². The summed E-state index contributed by atoms with van der Waals surface area (Å²) >= 11 is 0. The molecule has 0 spiro atoms. The number of fused-ring (bicyclic) bond motifs is 8. The lowest BCUT2D eigenvalue weighted by atomic mass is 9.77. The molecule has 0 amide bonds. The quantitative estimate of drug-likeness (QED) is 0.184. The molecule has 0 heterocycles. The molecular formula is C45H36. The summed E-state index contributed by atoms with van der Waals surface area (Å²) in [4.78, 5) is 0. The van der Waals surface area contributed by atoms with Gasteiger partial charge in [-0.05, 0) is 107 Å². The van der Waals surface area contributed by atoms with E-state index in [0.29, 0.717) is 0 Å². The highest BCUT2D eigenvalue weighted by atomic mass is 14.4. The zero-order chi connectivity index (χ0) is 30.5. The molecule has 0 saturated heterocycles. The lowest BCUT2D eigenvalue weighted by Crippen LogP contribution is -2.19. The van der Waals surface area contributed by atoms with E-state index in [4.69, 9.17) is 0 Å². The molecule has 2 aliphatic rings. The Bertz CT molecular complexity index is 2290. The largest absolute Gasteiger partial charge is 0.0642 e. The minimum Gasteiger partial charge on any atom is -0.0642 e. The summed E-state index contributed by atoms with van der Waals surface area (Å²) in [5.41, 5.74) is 16.4. The van der Waals surface area contributed by atoms with E-state index in [1.807, 2.05) is 0 Å². The van der Waals surface area contributed by atoms with Crippen LogP contribution in [0.25, 0.3) is 66.1 Å². The molecular weight excluding hydrogens is 540 g/mol. The third-order valence-corrected chi connectivity index (χ3v) is 11.2. The summed E-state index contributed by atoms with van der Waals surface area (Å²) in [7, 11) is 0. The van der Waals surface area contributed by atoms with Crippen molar-refractivity contribution in [3.05, 3.63) is 156 Å². The monoisotopic (exact) mass is 576 g/mol. The van der Waals surface area contributed by atoms with Crippen LogP contribution in [0.3, 0.4) is 0 Å². The van der Waals surface area contributed by atoms with Crippen molar-refractivity contribution in [3.8, 4) is 44.5 Å². The van der Waals surface area contributed by atoms with Crippen molar-refractivity contribution in [3.63, 3.8) is 0 Å². The minimum atomic E-state index is -0.0403. The predicted octanol–water partition coefficient (Wildman–Crippen LogP) is 12.3. The van der Waals surface area contributed by atoms with Gasteiger partial charge in [-0.15, -0.1) is 0 Å². The van der Waals surface area contributed by atoms with Gasteiger partial charge in [-0.25, -0.2) is 0 Å². The molecule has 9 rings (SSSR count). The summed E-state index contributed by atoms with van der Waals surface area (Å²) < 4.78 is 0. The van der Waals surface area contributed by atoms with Crippen LogP contribution >= 0.6 is 0 Å². The Hall–Kier alpha value is -4.94. The van der Waals surface area contributed by atoms with Gasteiger partial charge in [0.05, 0.1) is 0 Å². The van der Waals surface area contributed by atoms with Crippen LogP contribution in [-0.2, 0) is 10.8 Å². The topological polar surface area (TPSA) is 0 Å². The molecule has 45 heavy (non-hydrogen) atoms. The predicted molar refractivity (Wildman–Crippen MR) is 192 cm³/mol. The van der Waals surface area contributed by atoms with Crippen molar-refractivity contribution in [1.82, 2.24) is 0 Å². The van der Waals surface area contributed by atoms with E-state index in [9.17, 15) is 0 Å². The second kappa shape index (κ2) is 9.29. The van der Waals surface area contributed by atoms with Crippen LogP contribution < -0.4 is 0 Å². The Morgan fingerprint density at radius 1 is 0.400 bits per heavy atom. The molecule has 0 heteroatoms. The zero-order valence-corrected chi connectivity index (χ0v) is 26.4. The summed E-state index contributed by atoms with van der Waals surface area (Å²) in [6.45, 7) is 9.50. The number of benzene rings is 7. The van der Waals surface area contributed by atoms with Gasteiger partial charge in [0.15, 0.2) is 0 Å². The van der Waals surface area contributed by atoms with Gasteiger partial charge in [0.1, 0.15) is 0 Å². The van der Waals surface area contributed by atoms with Crippen molar-refractivity contribution in [2.24, 2.45) is 0 Å². The van der Waals surface area contributed by atoms with Crippen molar-refractivity contribution in [2.75, 3.05) is 0 Å². The summed E-state index contributed by atoms with van der Waals surface area (Å²) in [6, 6.07) is 50.4. The minimum absolute atomic E-state index is 0.00226. The number of hydrogen-bond donors (Lipinski definition) is 0. The second-order valence-electron chi connectivity index (χ2n) is 13.8. The fraction of sp³-hybridized carbons (Fsp3) is 0.156. The van der Waals surface area contributed by atoms with Crippen molar-refractivity contribution < 1.29 is 0 Å². The van der Waals surface area contributed by atoms with E-state index in [0.717, 1.165) is 6.42 Å². The first kappa shape index (κ1) is 26.5. The van der Waals surface area contributed by atoms with Gasteiger partial charge < -0.3 is 0 Å². The third-order valence-electron chi connectivity index (χ3n) is 11.2. The number of hydrogen-bond acceptors (Lipinski definition) is 0. The van der Waals surface area contributed by atoms with E-state index in [2.05, 4.69) is 161 Å². The average Bonchev–Trinajstić information content (AvgIpc) is 3.47. The smallest absolute Gasteiger partial charge is 0.0184 e. The first-order valence-electron chi connectivity index (χ1n) is 16.3. The van der Waals surface area contributed by atoms with Gasteiger partial charge in [-0.1, -0.05) is 149 Å². The molecule has 216 valence electrons. The Morgan fingerprint density at radius 2 is 0.800 bits per heavy atom. The van der Waals surface area contributed by atoms with Gasteiger partial charge in [0.25, 0.3) is 0 Å². The fourth-order valence-corrected chi connectivity index (χ4v) is 8.73. The van der Waals surface area contributed by atoms with Crippen LogP contribution in [0.2, 0.25) is 0 Å². The third kappa shape index (κ3) is 3.49. The molecule has 0 aliphatic heterocycles. The van der Waals surface area contributed by atoms with Crippen molar-refractivity contribution in [1.29, 1.82) is 0 Å². The molecule has 7 aromatic carbocycles. The van der Waals surface area contributed by atoms with Gasteiger partial charge >= 0.3 is 0 Å². The fourth-order valence-electron chi connectivity index (χ4n) is 8.73. The van der Waals surface area contributed by atoms with Crippen LogP contribution in [0.15, 0.2) is 133 Å². The lowest BCUT2D eigenvalue weighted by Gasteiger charge is -2.26. The Labute approximate surface area is 266 Å². The van der Waals surface area contributed by atoms with E-state index in [1.165, 1.54) is 88.3 Å². The first-order chi connectivity index (χ1) is 21.9.